The van der Waals surface area contributed by atoms with Crippen LogP contribution < -0.4 is 20.7 Å². The zero-order chi connectivity index (χ0) is 33.5. The fourth-order valence-electron chi connectivity index (χ4n) is 4.83. The normalized spacial score (nSPS) is 11.5. The quantitative estimate of drug-likeness (QED) is 0.108. The van der Waals surface area contributed by atoms with Gasteiger partial charge in [0.05, 0.1) is 41.3 Å². The van der Waals surface area contributed by atoms with Crippen molar-refractivity contribution in [1.29, 1.82) is 0 Å². The first-order valence-corrected chi connectivity index (χ1v) is 15.6. The molecule has 5 aromatic rings. The van der Waals surface area contributed by atoms with Crippen LogP contribution in [0.15, 0.2) is 83.3 Å². The fourth-order valence-corrected chi connectivity index (χ4v) is 5.37. The average molecular weight is 703 g/mol. The molecule has 242 valence electrons. The highest BCUT2D eigenvalue weighted by Crippen LogP contribution is 2.27. The van der Waals surface area contributed by atoms with Crippen LogP contribution in [0.5, 0.6) is 5.75 Å². The number of hydrogen-bond donors (Lipinski definition) is 4. The minimum Gasteiger partial charge on any atom is -0.496 e. The highest BCUT2D eigenvalue weighted by molar-refractivity contribution is 9.10. The second-order valence-corrected chi connectivity index (χ2v) is 11.6. The van der Waals surface area contributed by atoms with Crippen molar-refractivity contribution in [3.8, 4) is 17.1 Å². The van der Waals surface area contributed by atoms with Crippen molar-refractivity contribution in [2.75, 3.05) is 24.4 Å². The van der Waals surface area contributed by atoms with Crippen LogP contribution in [0.1, 0.15) is 35.3 Å². The molecular formula is C35H33BrFN5O5. The number of carbonyl (C=O) groups excluding carboxylic acids is 3. The summed E-state index contributed by atoms with van der Waals surface area (Å²) in [5, 5.41) is 8.62. The topological polar surface area (TPSA) is 134 Å². The van der Waals surface area contributed by atoms with Gasteiger partial charge in [-0.15, -0.1) is 0 Å². The Balaban J connectivity index is 1.17. The summed E-state index contributed by atoms with van der Waals surface area (Å²) in [6, 6.07) is 21.8. The molecule has 1 atom stereocenters. The maximum Gasteiger partial charge on any atom is 0.328 e. The number of anilines is 2. The number of ether oxygens (including phenoxy) is 2. The van der Waals surface area contributed by atoms with Crippen molar-refractivity contribution in [2.45, 2.75) is 32.9 Å². The standard InChI is InChI=1S/C35H33BrFN5O5/c1-4-47-35(45)20(2)39-32(43)16-22-7-12-29-30(15-22)42-33(41-29)23-8-13-28(27(37)18-23)38-19-21-5-10-25(11-6-21)40-34(44)24-9-14-31(46-3)26(36)17-24/h5-15,17-18,20,38H,4,16,19H2,1-3H3,(H,39,43)(H,40,44)(H,41,42). The third-order valence-electron chi connectivity index (χ3n) is 7.28. The SMILES string of the molecule is CCOC(=O)C(C)NC(=O)Cc1ccc2nc(-c3ccc(NCc4ccc(NC(=O)c5ccc(OC)c(Br)c5)cc4)c(F)c3)[nH]c2c1. The maximum absolute atomic E-state index is 15.1. The first kappa shape index (κ1) is 33.1. The van der Waals surface area contributed by atoms with E-state index in [2.05, 4.69) is 41.8 Å². The predicted octanol–water partition coefficient (Wildman–Crippen LogP) is 6.61. The largest absolute Gasteiger partial charge is 0.496 e. The highest BCUT2D eigenvalue weighted by Gasteiger charge is 2.17. The molecular weight excluding hydrogens is 669 g/mol. The molecule has 1 heterocycles. The molecule has 4 N–H and O–H groups in total. The number of imidazole rings is 1. The lowest BCUT2D eigenvalue weighted by Crippen LogP contribution is -2.40. The number of rotatable bonds is 12. The third-order valence-corrected chi connectivity index (χ3v) is 7.90. The molecule has 0 aliphatic heterocycles. The van der Waals surface area contributed by atoms with E-state index in [1.54, 1.807) is 75.6 Å². The Morgan fingerprint density at radius 3 is 2.45 bits per heavy atom. The Hall–Kier alpha value is -5.23. The number of methoxy groups -OCH3 is 1. The van der Waals surface area contributed by atoms with Crippen LogP contribution in [0.25, 0.3) is 22.4 Å². The van der Waals surface area contributed by atoms with Crippen molar-refractivity contribution in [1.82, 2.24) is 15.3 Å². The van der Waals surface area contributed by atoms with Gasteiger partial charge in [0.2, 0.25) is 5.91 Å². The van der Waals surface area contributed by atoms with E-state index < -0.39 is 17.8 Å². The second-order valence-electron chi connectivity index (χ2n) is 10.7. The van der Waals surface area contributed by atoms with Gasteiger partial charge in [-0.25, -0.2) is 14.2 Å². The molecule has 5 rings (SSSR count). The van der Waals surface area contributed by atoms with Crippen LogP contribution in [-0.2, 0) is 27.3 Å². The molecule has 4 aromatic carbocycles. The Morgan fingerprint density at radius 2 is 1.74 bits per heavy atom. The number of aromatic nitrogens is 2. The number of nitrogens with one attached hydrogen (secondary N) is 4. The molecule has 1 unspecified atom stereocenters. The van der Waals surface area contributed by atoms with Gasteiger partial charge >= 0.3 is 5.97 Å². The molecule has 1 aromatic heterocycles. The number of amides is 2. The number of hydrogen-bond acceptors (Lipinski definition) is 7. The number of carbonyl (C=O) groups is 3. The van der Waals surface area contributed by atoms with Gasteiger partial charge in [0, 0.05) is 23.4 Å². The number of halogens is 2. The van der Waals surface area contributed by atoms with Crippen LogP contribution in [-0.4, -0.2) is 47.5 Å². The van der Waals surface area contributed by atoms with Gasteiger partial charge in [-0.1, -0.05) is 18.2 Å². The Labute approximate surface area is 279 Å². The van der Waals surface area contributed by atoms with Gasteiger partial charge < -0.3 is 30.4 Å². The molecule has 47 heavy (non-hydrogen) atoms. The van der Waals surface area contributed by atoms with E-state index in [9.17, 15) is 14.4 Å². The minimum atomic E-state index is -0.744. The minimum absolute atomic E-state index is 0.0717. The van der Waals surface area contributed by atoms with Gasteiger partial charge in [0.15, 0.2) is 0 Å². The third kappa shape index (κ3) is 8.33. The van der Waals surface area contributed by atoms with Crippen molar-refractivity contribution in [3.63, 3.8) is 0 Å². The summed E-state index contributed by atoms with van der Waals surface area (Å²) in [6.07, 6.45) is 0.0717. The average Bonchev–Trinajstić information content (AvgIpc) is 3.48. The zero-order valence-electron chi connectivity index (χ0n) is 25.9. The Kier molecular flexibility index (Phi) is 10.5. The Bertz CT molecular complexity index is 1930. The monoisotopic (exact) mass is 701 g/mol. The van der Waals surface area contributed by atoms with Crippen molar-refractivity contribution in [2.24, 2.45) is 0 Å². The summed E-state index contributed by atoms with van der Waals surface area (Å²) in [7, 11) is 1.56. The van der Waals surface area contributed by atoms with E-state index in [1.165, 1.54) is 6.07 Å². The van der Waals surface area contributed by atoms with Crippen molar-refractivity contribution >= 4 is 56.1 Å². The van der Waals surface area contributed by atoms with Gasteiger partial charge in [0.1, 0.15) is 23.4 Å². The summed E-state index contributed by atoms with van der Waals surface area (Å²) < 4.78 is 25.9. The van der Waals surface area contributed by atoms with Crippen LogP contribution in [0, 0.1) is 5.82 Å². The summed E-state index contributed by atoms with van der Waals surface area (Å²) >= 11 is 3.39. The second kappa shape index (κ2) is 14.9. The number of H-pyrrole nitrogens is 1. The van der Waals surface area contributed by atoms with E-state index >= 15 is 4.39 Å². The summed E-state index contributed by atoms with van der Waals surface area (Å²) in [5.41, 5.74) is 5.01. The summed E-state index contributed by atoms with van der Waals surface area (Å²) in [5.74, 6) is -0.364. The lowest BCUT2D eigenvalue weighted by Gasteiger charge is -2.12. The number of aromatic amines is 1. The number of nitrogens with zero attached hydrogens (tertiary/aromatic N) is 1. The molecule has 0 saturated heterocycles. The molecule has 0 aliphatic carbocycles. The summed E-state index contributed by atoms with van der Waals surface area (Å²) in [6.45, 7) is 3.89. The first-order chi connectivity index (χ1) is 22.6. The zero-order valence-corrected chi connectivity index (χ0v) is 27.5. The van der Waals surface area contributed by atoms with Crippen LogP contribution in [0.3, 0.4) is 0 Å². The van der Waals surface area contributed by atoms with E-state index in [-0.39, 0.29) is 24.8 Å². The smallest absolute Gasteiger partial charge is 0.328 e. The molecule has 0 spiro atoms. The van der Waals surface area contributed by atoms with Crippen LogP contribution in [0.2, 0.25) is 0 Å². The maximum atomic E-state index is 15.1. The van der Waals surface area contributed by atoms with Crippen molar-refractivity contribution in [3.05, 3.63) is 106 Å². The van der Waals surface area contributed by atoms with E-state index in [4.69, 9.17) is 9.47 Å². The molecule has 0 fully saturated rings. The summed E-state index contributed by atoms with van der Waals surface area (Å²) in [4.78, 5) is 44.6. The molecule has 0 bridgehead atoms. The van der Waals surface area contributed by atoms with Crippen molar-refractivity contribution < 1.29 is 28.2 Å². The molecule has 0 radical (unpaired) electrons. The van der Waals surface area contributed by atoms with Gasteiger partial charge in [-0.05, 0) is 102 Å². The lowest BCUT2D eigenvalue weighted by molar-refractivity contribution is -0.146. The highest BCUT2D eigenvalue weighted by atomic mass is 79.9. The van der Waals surface area contributed by atoms with E-state index in [1.807, 2.05) is 18.2 Å². The lowest BCUT2D eigenvalue weighted by atomic mass is 10.1. The number of fused-ring (bicyclic) bond motifs is 1. The molecule has 0 aliphatic rings. The number of benzene rings is 4. The van der Waals surface area contributed by atoms with Gasteiger partial charge in [-0.3, -0.25) is 9.59 Å². The fraction of sp³-hybridized carbons (Fsp3) is 0.200. The van der Waals surface area contributed by atoms with Gasteiger partial charge in [0.25, 0.3) is 5.91 Å². The molecule has 0 saturated carbocycles. The predicted molar refractivity (Wildman–Crippen MR) is 182 cm³/mol. The Morgan fingerprint density at radius 1 is 0.979 bits per heavy atom. The number of esters is 1. The van der Waals surface area contributed by atoms with Crippen LogP contribution >= 0.6 is 15.9 Å². The first-order valence-electron chi connectivity index (χ1n) is 14.9. The molecule has 10 nitrogen and oxygen atoms in total. The van der Waals surface area contributed by atoms with E-state index in [0.29, 0.717) is 56.1 Å². The molecule has 12 heteroatoms. The molecule has 2 amide bonds. The van der Waals surface area contributed by atoms with E-state index in [0.717, 1.165) is 11.1 Å². The van der Waals surface area contributed by atoms with Gasteiger partial charge in [-0.2, -0.15) is 0 Å². The van der Waals surface area contributed by atoms with Crippen LogP contribution in [0.4, 0.5) is 15.8 Å².